The maximum absolute atomic E-state index is 4.20. The molecule has 8 heavy (non-hydrogen) atoms. The van der Waals surface area contributed by atoms with Crippen LogP contribution in [0.25, 0.3) is 0 Å². The summed E-state index contributed by atoms with van der Waals surface area (Å²) in [5.41, 5.74) is 0. The summed E-state index contributed by atoms with van der Waals surface area (Å²) in [6, 6.07) is 0. The second-order valence-electron chi connectivity index (χ2n) is 2.40. The molecule has 0 radical (unpaired) electrons. The molecule has 0 fully saturated rings. The zero-order valence-electron chi connectivity index (χ0n) is 5.43. The van der Waals surface area contributed by atoms with Gasteiger partial charge in [0.1, 0.15) is 0 Å². The third-order valence-electron chi connectivity index (χ3n) is 1.77. The van der Waals surface area contributed by atoms with Crippen molar-refractivity contribution in [3.05, 3.63) is 0 Å². The Balaban J connectivity index is 2.27. The Kier molecular flexibility index (Phi) is 2.07. The molecule has 0 aromatic heterocycles. The Bertz CT molecular complexity index is 86.4. The van der Waals surface area contributed by atoms with Crippen LogP contribution in [0.1, 0.15) is 26.2 Å². The molecule has 1 rings (SSSR count). The fourth-order valence-corrected chi connectivity index (χ4v) is 1.05. The van der Waals surface area contributed by atoms with Gasteiger partial charge in [0.15, 0.2) is 0 Å². The zero-order valence-corrected chi connectivity index (χ0v) is 5.43. The molecule has 0 spiro atoms. The largest absolute Gasteiger partial charge is 0.297 e. The van der Waals surface area contributed by atoms with Crippen LogP contribution in [0.2, 0.25) is 0 Å². The van der Waals surface area contributed by atoms with Crippen LogP contribution in [0.5, 0.6) is 0 Å². The van der Waals surface area contributed by atoms with E-state index in [4.69, 9.17) is 0 Å². The van der Waals surface area contributed by atoms with E-state index in [0.717, 1.165) is 12.5 Å². The fourth-order valence-electron chi connectivity index (χ4n) is 1.05. The molecular weight excluding hydrogens is 98.1 g/mol. The zero-order chi connectivity index (χ0) is 5.82. The Labute approximate surface area is 50.8 Å². The highest BCUT2D eigenvalue weighted by atomic mass is 14.7. The Morgan fingerprint density at radius 2 is 2.62 bits per heavy atom. The van der Waals surface area contributed by atoms with Gasteiger partial charge in [-0.3, -0.25) is 4.99 Å². The van der Waals surface area contributed by atoms with E-state index >= 15 is 0 Å². The van der Waals surface area contributed by atoms with Crippen LogP contribution < -0.4 is 0 Å². The number of hydrogen-bond acceptors (Lipinski definition) is 1. The average molecular weight is 111 g/mol. The number of hydrogen-bond donors (Lipinski definition) is 0. The van der Waals surface area contributed by atoms with Crippen molar-refractivity contribution in [2.75, 3.05) is 6.54 Å². The van der Waals surface area contributed by atoms with Crippen LogP contribution in [-0.4, -0.2) is 12.8 Å². The summed E-state index contributed by atoms with van der Waals surface area (Å²) in [5.74, 6) is 0.889. The molecule has 1 aliphatic heterocycles. The summed E-state index contributed by atoms with van der Waals surface area (Å²) in [4.78, 5) is 4.20. The summed E-state index contributed by atoms with van der Waals surface area (Å²) < 4.78 is 0. The molecule has 1 aliphatic rings. The molecule has 0 bridgehead atoms. The van der Waals surface area contributed by atoms with Gasteiger partial charge < -0.3 is 0 Å². The normalized spacial score (nSPS) is 28.4. The smallest absolute Gasteiger partial charge is 0.0413 e. The molecular formula is C7H13N. The van der Waals surface area contributed by atoms with Crippen LogP contribution in [0.15, 0.2) is 4.99 Å². The molecule has 1 atom stereocenters. The van der Waals surface area contributed by atoms with E-state index in [1.54, 1.807) is 0 Å². The number of rotatable bonds is 1. The second kappa shape index (κ2) is 2.85. The van der Waals surface area contributed by atoms with E-state index in [0.29, 0.717) is 0 Å². The fraction of sp³-hybridized carbons (Fsp3) is 0.857. The summed E-state index contributed by atoms with van der Waals surface area (Å²) >= 11 is 0. The first-order valence-electron chi connectivity index (χ1n) is 3.41. The molecule has 0 aliphatic carbocycles. The molecule has 0 aromatic carbocycles. The van der Waals surface area contributed by atoms with Crippen LogP contribution in [0.4, 0.5) is 0 Å². The van der Waals surface area contributed by atoms with Crippen molar-refractivity contribution in [2.24, 2.45) is 10.9 Å². The molecule has 0 saturated carbocycles. The van der Waals surface area contributed by atoms with Gasteiger partial charge in [0.25, 0.3) is 0 Å². The molecule has 0 saturated heterocycles. The van der Waals surface area contributed by atoms with Gasteiger partial charge >= 0.3 is 0 Å². The van der Waals surface area contributed by atoms with Gasteiger partial charge in [0.05, 0.1) is 0 Å². The van der Waals surface area contributed by atoms with Crippen molar-refractivity contribution >= 4 is 6.21 Å². The van der Waals surface area contributed by atoms with Gasteiger partial charge in [-0.2, -0.15) is 0 Å². The van der Waals surface area contributed by atoms with Gasteiger partial charge in [-0.05, 0) is 25.0 Å². The molecule has 1 heteroatoms. The minimum absolute atomic E-state index is 0.889. The van der Waals surface area contributed by atoms with Gasteiger partial charge in [-0.1, -0.05) is 13.3 Å². The highest BCUT2D eigenvalue weighted by Crippen LogP contribution is 2.13. The van der Waals surface area contributed by atoms with E-state index < -0.39 is 0 Å². The Hall–Kier alpha value is -0.330. The maximum Gasteiger partial charge on any atom is 0.0413 e. The highest BCUT2D eigenvalue weighted by Gasteiger charge is 2.06. The third-order valence-corrected chi connectivity index (χ3v) is 1.77. The summed E-state index contributed by atoms with van der Waals surface area (Å²) in [7, 11) is 0. The molecule has 1 nitrogen and oxygen atoms in total. The lowest BCUT2D eigenvalue weighted by Gasteiger charge is -2.13. The van der Waals surface area contributed by atoms with E-state index in [1.807, 2.05) is 6.21 Å². The molecule has 0 aromatic rings. The highest BCUT2D eigenvalue weighted by molar-refractivity contribution is 5.57. The van der Waals surface area contributed by atoms with Gasteiger partial charge in [0, 0.05) is 6.54 Å². The third kappa shape index (κ3) is 1.32. The van der Waals surface area contributed by atoms with Crippen LogP contribution in [0.3, 0.4) is 0 Å². The van der Waals surface area contributed by atoms with Crippen molar-refractivity contribution in [1.29, 1.82) is 0 Å². The topological polar surface area (TPSA) is 12.4 Å². The first-order valence-corrected chi connectivity index (χ1v) is 3.41. The standard InChI is InChI=1S/C7H13N/c1-2-7-4-3-5-8-6-7/h5,7H,2-4,6H2,1H3/t7-/m1/s1. The van der Waals surface area contributed by atoms with Gasteiger partial charge in [-0.25, -0.2) is 0 Å². The minimum atomic E-state index is 0.889. The first kappa shape index (κ1) is 5.80. The quantitative estimate of drug-likeness (QED) is 0.490. The lowest BCUT2D eigenvalue weighted by atomic mass is 9.99. The number of nitrogens with zero attached hydrogens (tertiary/aromatic N) is 1. The SMILES string of the molecule is CC[C@@H]1CCC=NC1. The maximum atomic E-state index is 4.20. The first-order chi connectivity index (χ1) is 3.93. The van der Waals surface area contributed by atoms with E-state index in [9.17, 15) is 0 Å². The molecule has 46 valence electrons. The lowest BCUT2D eigenvalue weighted by molar-refractivity contribution is 0.480. The van der Waals surface area contributed by atoms with Crippen LogP contribution in [0, 0.1) is 5.92 Å². The number of aliphatic imine (C=N–C) groups is 1. The van der Waals surface area contributed by atoms with Crippen molar-refractivity contribution in [2.45, 2.75) is 26.2 Å². The summed E-state index contributed by atoms with van der Waals surface area (Å²) in [5, 5.41) is 0. The average Bonchev–Trinajstić information content (AvgIpc) is 1.90. The second-order valence-corrected chi connectivity index (χ2v) is 2.40. The Morgan fingerprint density at radius 1 is 1.75 bits per heavy atom. The van der Waals surface area contributed by atoms with Gasteiger partial charge in [0.2, 0.25) is 0 Å². The summed E-state index contributed by atoms with van der Waals surface area (Å²) in [6.07, 6.45) is 5.92. The van der Waals surface area contributed by atoms with Crippen molar-refractivity contribution in [3.63, 3.8) is 0 Å². The van der Waals surface area contributed by atoms with Crippen LogP contribution >= 0.6 is 0 Å². The predicted molar refractivity (Wildman–Crippen MR) is 36.4 cm³/mol. The van der Waals surface area contributed by atoms with Gasteiger partial charge in [-0.15, -0.1) is 0 Å². The molecule has 0 amide bonds. The molecule has 0 N–H and O–H groups in total. The van der Waals surface area contributed by atoms with E-state index in [1.165, 1.54) is 19.3 Å². The van der Waals surface area contributed by atoms with Crippen LogP contribution in [-0.2, 0) is 0 Å². The van der Waals surface area contributed by atoms with Crippen molar-refractivity contribution in [1.82, 2.24) is 0 Å². The minimum Gasteiger partial charge on any atom is -0.297 e. The van der Waals surface area contributed by atoms with Crippen molar-refractivity contribution < 1.29 is 0 Å². The lowest BCUT2D eigenvalue weighted by Crippen LogP contribution is -2.07. The van der Waals surface area contributed by atoms with E-state index in [2.05, 4.69) is 11.9 Å². The van der Waals surface area contributed by atoms with Crippen molar-refractivity contribution in [3.8, 4) is 0 Å². The molecule has 1 heterocycles. The predicted octanol–water partition coefficient (Wildman–Crippen LogP) is 1.88. The van der Waals surface area contributed by atoms with E-state index in [-0.39, 0.29) is 0 Å². The monoisotopic (exact) mass is 111 g/mol. The molecule has 0 unspecified atom stereocenters. The summed E-state index contributed by atoms with van der Waals surface area (Å²) in [6.45, 7) is 3.32. The Morgan fingerprint density at radius 3 is 3.00 bits per heavy atom.